The zero-order valence-corrected chi connectivity index (χ0v) is 13.6. The van der Waals surface area contributed by atoms with Crippen molar-refractivity contribution < 1.29 is 9.32 Å². The Hall–Kier alpha value is -1.85. The summed E-state index contributed by atoms with van der Waals surface area (Å²) < 4.78 is 4.99. The molecule has 2 aromatic rings. The predicted molar refractivity (Wildman–Crippen MR) is 88.2 cm³/mol. The van der Waals surface area contributed by atoms with Crippen molar-refractivity contribution in [3.05, 3.63) is 53.4 Å². The number of nitrogens with zero attached hydrogens (tertiary/aromatic N) is 2. The lowest BCUT2D eigenvalue weighted by Gasteiger charge is -2.28. The normalized spacial score (nSPS) is 23.2. The molecule has 6 heteroatoms. The number of halogens is 1. The van der Waals surface area contributed by atoms with Gasteiger partial charge in [0.1, 0.15) is 6.26 Å². The molecule has 1 aromatic carbocycles. The number of nitrogens with one attached hydrogen (secondary N) is 1. The Bertz CT molecular complexity index is 673. The molecule has 1 N–H and O–H groups in total. The summed E-state index contributed by atoms with van der Waals surface area (Å²) in [6.45, 7) is 1.35. The summed E-state index contributed by atoms with van der Waals surface area (Å²) in [6, 6.07) is 10.6. The number of hydrogen-bond donors (Lipinski definition) is 1. The molecule has 2 aliphatic heterocycles. The van der Waals surface area contributed by atoms with Crippen molar-refractivity contribution in [2.75, 3.05) is 6.54 Å². The van der Waals surface area contributed by atoms with Crippen molar-refractivity contribution in [1.29, 1.82) is 0 Å². The molecular formula is C17H20ClN3O2. The van der Waals surface area contributed by atoms with Crippen LogP contribution in [0.15, 0.2) is 41.1 Å². The van der Waals surface area contributed by atoms with Crippen molar-refractivity contribution in [2.24, 2.45) is 0 Å². The van der Waals surface area contributed by atoms with Crippen LogP contribution in [0.2, 0.25) is 0 Å². The summed E-state index contributed by atoms with van der Waals surface area (Å²) in [6.07, 6.45) is 4.34. The van der Waals surface area contributed by atoms with Gasteiger partial charge in [-0.3, -0.25) is 10.1 Å². The summed E-state index contributed by atoms with van der Waals surface area (Å²) in [5.74, 6) is 0.199. The Kier molecular flexibility index (Phi) is 4.68. The van der Waals surface area contributed by atoms with Crippen LogP contribution in [0.25, 0.3) is 0 Å². The van der Waals surface area contributed by atoms with Gasteiger partial charge in [-0.15, -0.1) is 12.4 Å². The van der Waals surface area contributed by atoms with Gasteiger partial charge in [0.25, 0.3) is 0 Å². The lowest BCUT2D eigenvalue weighted by Crippen LogP contribution is -2.45. The lowest BCUT2D eigenvalue weighted by atomic mass is 10.1. The Morgan fingerprint density at radius 3 is 2.91 bits per heavy atom. The smallest absolute Gasteiger partial charge is 0.240 e. The van der Waals surface area contributed by atoms with E-state index in [2.05, 4.69) is 22.6 Å². The van der Waals surface area contributed by atoms with Gasteiger partial charge in [-0.2, -0.15) is 0 Å². The molecule has 4 rings (SSSR count). The molecule has 122 valence electrons. The maximum absolute atomic E-state index is 12.7. The van der Waals surface area contributed by atoms with Crippen LogP contribution < -0.4 is 5.32 Å². The topological polar surface area (TPSA) is 58.4 Å². The molecule has 0 aliphatic carbocycles. The fraction of sp³-hybridized carbons (Fsp3) is 0.412. The molecule has 0 saturated carbocycles. The van der Waals surface area contributed by atoms with Gasteiger partial charge in [0.05, 0.1) is 18.3 Å². The molecule has 2 aliphatic rings. The highest BCUT2D eigenvalue weighted by Crippen LogP contribution is 2.28. The van der Waals surface area contributed by atoms with E-state index < -0.39 is 0 Å². The summed E-state index contributed by atoms with van der Waals surface area (Å²) in [7, 11) is 0. The Morgan fingerprint density at radius 2 is 2.09 bits per heavy atom. The van der Waals surface area contributed by atoms with Crippen LogP contribution in [0.4, 0.5) is 0 Å². The van der Waals surface area contributed by atoms with Crippen LogP contribution in [0.3, 0.4) is 0 Å². The predicted octanol–water partition coefficient (Wildman–Crippen LogP) is 2.47. The minimum Gasteiger partial charge on any atom is -0.364 e. The van der Waals surface area contributed by atoms with E-state index in [1.807, 2.05) is 23.1 Å². The van der Waals surface area contributed by atoms with E-state index in [0.717, 1.165) is 37.1 Å². The quantitative estimate of drug-likeness (QED) is 0.917. The van der Waals surface area contributed by atoms with Gasteiger partial charge in [0.2, 0.25) is 5.91 Å². The largest absolute Gasteiger partial charge is 0.364 e. The molecular weight excluding hydrogens is 314 g/mol. The number of amides is 1. The number of fused-ring (bicyclic) bond motifs is 1. The van der Waals surface area contributed by atoms with Crippen molar-refractivity contribution in [1.82, 2.24) is 15.4 Å². The summed E-state index contributed by atoms with van der Waals surface area (Å²) in [5, 5.41) is 7.46. The van der Waals surface area contributed by atoms with E-state index in [-0.39, 0.29) is 30.4 Å². The van der Waals surface area contributed by atoms with Gasteiger partial charge in [0, 0.05) is 24.6 Å². The Morgan fingerprint density at radius 1 is 1.26 bits per heavy atom. The zero-order valence-electron chi connectivity index (χ0n) is 12.8. The fourth-order valence-electron chi connectivity index (χ4n) is 3.43. The number of rotatable bonds is 2. The van der Waals surface area contributed by atoms with E-state index >= 15 is 0 Å². The standard InChI is InChI=1S/C17H19N3O2.ClH/c21-17(20-9-8-15-13(10-20)11-22-19-15)16-7-6-14(18-16)12-4-2-1-3-5-12;/h1-5,11,14,16,18H,6-10H2;1H/t14-,16-;/m1./s1. The number of carbonyl (C=O) groups excluding carboxylic acids is 1. The Balaban J connectivity index is 0.00000156. The average Bonchev–Trinajstić information content (AvgIpc) is 3.23. The summed E-state index contributed by atoms with van der Waals surface area (Å²) in [5.41, 5.74) is 3.29. The highest BCUT2D eigenvalue weighted by atomic mass is 35.5. The number of aromatic nitrogens is 1. The number of benzene rings is 1. The van der Waals surface area contributed by atoms with Crippen molar-refractivity contribution in [3.63, 3.8) is 0 Å². The maximum Gasteiger partial charge on any atom is 0.240 e. The molecule has 1 aromatic heterocycles. The van der Waals surface area contributed by atoms with Crippen LogP contribution in [0.1, 0.15) is 35.7 Å². The molecule has 2 atom stereocenters. The molecule has 5 nitrogen and oxygen atoms in total. The fourth-order valence-corrected chi connectivity index (χ4v) is 3.43. The average molecular weight is 334 g/mol. The van der Waals surface area contributed by atoms with Crippen molar-refractivity contribution in [2.45, 2.75) is 37.9 Å². The first-order chi connectivity index (χ1) is 10.8. The van der Waals surface area contributed by atoms with Gasteiger partial charge in [0.15, 0.2) is 0 Å². The van der Waals surface area contributed by atoms with Crippen LogP contribution >= 0.6 is 12.4 Å². The summed E-state index contributed by atoms with van der Waals surface area (Å²) >= 11 is 0. The third-order valence-electron chi connectivity index (χ3n) is 4.67. The number of hydrogen-bond acceptors (Lipinski definition) is 4. The van der Waals surface area contributed by atoms with Crippen LogP contribution in [-0.2, 0) is 17.8 Å². The molecule has 1 amide bonds. The zero-order chi connectivity index (χ0) is 14.9. The highest BCUT2D eigenvalue weighted by Gasteiger charge is 2.34. The van der Waals surface area contributed by atoms with Crippen molar-refractivity contribution >= 4 is 18.3 Å². The minimum atomic E-state index is -0.0772. The molecule has 1 saturated heterocycles. The second kappa shape index (κ2) is 6.72. The first-order valence-electron chi connectivity index (χ1n) is 7.83. The molecule has 23 heavy (non-hydrogen) atoms. The molecule has 3 heterocycles. The first-order valence-corrected chi connectivity index (χ1v) is 7.83. The van der Waals surface area contributed by atoms with Gasteiger partial charge in [-0.1, -0.05) is 35.5 Å². The van der Waals surface area contributed by atoms with E-state index in [1.54, 1.807) is 6.26 Å². The van der Waals surface area contributed by atoms with E-state index in [4.69, 9.17) is 4.52 Å². The second-order valence-corrected chi connectivity index (χ2v) is 6.06. The van der Waals surface area contributed by atoms with Gasteiger partial charge < -0.3 is 9.42 Å². The van der Waals surface area contributed by atoms with Gasteiger partial charge in [-0.05, 0) is 18.4 Å². The molecule has 0 bridgehead atoms. The number of carbonyl (C=O) groups is 1. The van der Waals surface area contributed by atoms with Crippen molar-refractivity contribution in [3.8, 4) is 0 Å². The molecule has 0 radical (unpaired) electrons. The third kappa shape index (κ3) is 3.12. The van der Waals surface area contributed by atoms with Crippen LogP contribution in [0, 0.1) is 0 Å². The molecule has 1 fully saturated rings. The Labute approximate surface area is 141 Å². The highest BCUT2D eigenvalue weighted by molar-refractivity contribution is 5.85. The first kappa shape index (κ1) is 16.0. The van der Waals surface area contributed by atoms with E-state index in [0.29, 0.717) is 6.54 Å². The SMILES string of the molecule is Cl.O=C([C@H]1CC[C@H](c2ccccc2)N1)N1CCc2nocc2C1. The van der Waals surface area contributed by atoms with E-state index in [1.165, 1.54) is 5.56 Å². The van der Waals surface area contributed by atoms with Crippen LogP contribution in [-0.4, -0.2) is 28.6 Å². The summed E-state index contributed by atoms with van der Waals surface area (Å²) in [4.78, 5) is 14.6. The van der Waals surface area contributed by atoms with Gasteiger partial charge in [-0.25, -0.2) is 0 Å². The minimum absolute atomic E-state index is 0. The van der Waals surface area contributed by atoms with Gasteiger partial charge >= 0.3 is 0 Å². The van der Waals surface area contributed by atoms with Crippen LogP contribution in [0.5, 0.6) is 0 Å². The maximum atomic E-state index is 12.7. The third-order valence-corrected chi connectivity index (χ3v) is 4.67. The monoisotopic (exact) mass is 333 g/mol. The lowest BCUT2D eigenvalue weighted by molar-refractivity contribution is -0.134. The second-order valence-electron chi connectivity index (χ2n) is 6.06. The van der Waals surface area contributed by atoms with E-state index in [9.17, 15) is 4.79 Å². The molecule has 0 unspecified atom stereocenters. The molecule has 0 spiro atoms.